The molecule has 2 aromatic rings. The second kappa shape index (κ2) is 6.41. The minimum absolute atomic E-state index is 0.0774. The van der Waals surface area contributed by atoms with Crippen molar-refractivity contribution in [1.82, 2.24) is 5.32 Å². The SMILES string of the molecule is COc1ccc(C(NCc2ccoc2C)C(=O)O)cc1F. The fraction of sp³-hybridized carbons (Fsp3) is 0.267. The first-order valence-corrected chi connectivity index (χ1v) is 6.35. The summed E-state index contributed by atoms with van der Waals surface area (Å²) in [5.41, 5.74) is 1.18. The van der Waals surface area contributed by atoms with Gasteiger partial charge in [0.1, 0.15) is 11.8 Å². The minimum atomic E-state index is -1.08. The summed E-state index contributed by atoms with van der Waals surface area (Å²) >= 11 is 0. The van der Waals surface area contributed by atoms with Crippen LogP contribution in [0.1, 0.15) is 22.9 Å². The number of ether oxygens (including phenoxy) is 1. The van der Waals surface area contributed by atoms with Gasteiger partial charge in [0.05, 0.1) is 13.4 Å². The van der Waals surface area contributed by atoms with Gasteiger partial charge in [0.25, 0.3) is 0 Å². The Morgan fingerprint density at radius 2 is 2.24 bits per heavy atom. The summed E-state index contributed by atoms with van der Waals surface area (Å²) in [5, 5.41) is 12.2. The molecule has 0 radical (unpaired) electrons. The average molecular weight is 293 g/mol. The number of methoxy groups -OCH3 is 1. The predicted octanol–water partition coefficient (Wildman–Crippen LogP) is 2.65. The molecule has 0 bridgehead atoms. The van der Waals surface area contributed by atoms with Crippen molar-refractivity contribution < 1.29 is 23.4 Å². The molecule has 112 valence electrons. The highest BCUT2D eigenvalue weighted by Crippen LogP contribution is 2.22. The Bertz CT molecular complexity index is 638. The van der Waals surface area contributed by atoms with Crippen LogP contribution in [0.15, 0.2) is 34.9 Å². The largest absolute Gasteiger partial charge is 0.494 e. The topological polar surface area (TPSA) is 71.7 Å². The molecule has 0 aliphatic rings. The third-order valence-electron chi connectivity index (χ3n) is 3.22. The number of carbonyl (C=O) groups is 1. The normalized spacial score (nSPS) is 12.1. The van der Waals surface area contributed by atoms with Crippen LogP contribution in [0.3, 0.4) is 0 Å². The van der Waals surface area contributed by atoms with Crippen molar-refractivity contribution in [3.05, 3.63) is 53.2 Å². The highest BCUT2D eigenvalue weighted by atomic mass is 19.1. The first kappa shape index (κ1) is 15.1. The van der Waals surface area contributed by atoms with E-state index in [-0.39, 0.29) is 5.75 Å². The molecule has 1 unspecified atom stereocenters. The molecule has 6 heteroatoms. The summed E-state index contributed by atoms with van der Waals surface area (Å²) < 4.78 is 23.7. The molecule has 5 nitrogen and oxygen atoms in total. The van der Waals surface area contributed by atoms with E-state index >= 15 is 0 Å². The van der Waals surface area contributed by atoms with Crippen LogP contribution in [0.25, 0.3) is 0 Å². The zero-order valence-electron chi connectivity index (χ0n) is 11.7. The van der Waals surface area contributed by atoms with Gasteiger partial charge in [-0.1, -0.05) is 6.07 Å². The summed E-state index contributed by atoms with van der Waals surface area (Å²) in [6.45, 7) is 2.10. The molecule has 2 N–H and O–H groups in total. The first-order chi connectivity index (χ1) is 10.0. The van der Waals surface area contributed by atoms with Gasteiger partial charge in [-0.15, -0.1) is 0 Å². The maximum atomic E-state index is 13.7. The van der Waals surface area contributed by atoms with Crippen LogP contribution in [0.2, 0.25) is 0 Å². The van der Waals surface area contributed by atoms with Gasteiger partial charge in [0, 0.05) is 12.1 Å². The Balaban J connectivity index is 2.17. The van der Waals surface area contributed by atoms with E-state index in [1.807, 2.05) is 0 Å². The van der Waals surface area contributed by atoms with Crippen LogP contribution >= 0.6 is 0 Å². The van der Waals surface area contributed by atoms with E-state index < -0.39 is 17.8 Å². The van der Waals surface area contributed by atoms with Crippen molar-refractivity contribution >= 4 is 5.97 Å². The molecule has 21 heavy (non-hydrogen) atoms. The number of benzene rings is 1. The molecule has 0 fully saturated rings. The van der Waals surface area contributed by atoms with E-state index in [2.05, 4.69) is 5.32 Å². The molecule has 1 heterocycles. The molecule has 0 aliphatic carbocycles. The molecule has 0 saturated heterocycles. The van der Waals surface area contributed by atoms with E-state index in [4.69, 9.17) is 9.15 Å². The lowest BCUT2D eigenvalue weighted by Gasteiger charge is -2.15. The smallest absolute Gasteiger partial charge is 0.325 e. The van der Waals surface area contributed by atoms with Gasteiger partial charge in [-0.05, 0) is 30.7 Å². The van der Waals surface area contributed by atoms with Gasteiger partial charge < -0.3 is 14.3 Å². The molecular weight excluding hydrogens is 277 g/mol. The number of aryl methyl sites for hydroxylation is 1. The number of aliphatic carboxylic acids is 1. The second-order valence-electron chi connectivity index (χ2n) is 4.55. The van der Waals surface area contributed by atoms with Crippen molar-refractivity contribution in [1.29, 1.82) is 0 Å². The summed E-state index contributed by atoms with van der Waals surface area (Å²) in [6, 6.07) is 4.84. The van der Waals surface area contributed by atoms with Crippen molar-refractivity contribution in [2.45, 2.75) is 19.5 Å². The van der Waals surface area contributed by atoms with Crippen molar-refractivity contribution in [3.8, 4) is 5.75 Å². The van der Waals surface area contributed by atoms with Gasteiger partial charge in [-0.3, -0.25) is 10.1 Å². The van der Waals surface area contributed by atoms with E-state index in [0.717, 1.165) is 11.6 Å². The molecule has 0 spiro atoms. The Kier molecular flexibility index (Phi) is 4.59. The van der Waals surface area contributed by atoms with Gasteiger partial charge in [0.2, 0.25) is 0 Å². The molecule has 0 saturated carbocycles. The molecule has 0 aliphatic heterocycles. The van der Waals surface area contributed by atoms with E-state index in [0.29, 0.717) is 17.9 Å². The summed E-state index contributed by atoms with van der Waals surface area (Å²) in [4.78, 5) is 11.4. The quantitative estimate of drug-likeness (QED) is 0.856. The molecule has 1 aromatic heterocycles. The van der Waals surface area contributed by atoms with Crippen molar-refractivity contribution in [2.24, 2.45) is 0 Å². The summed E-state index contributed by atoms with van der Waals surface area (Å²) in [5.74, 6) is -0.885. The van der Waals surface area contributed by atoms with Crippen LogP contribution in [0.5, 0.6) is 5.75 Å². The molecule has 2 rings (SSSR count). The standard InChI is InChI=1S/C15H16FNO4/c1-9-11(5-6-21-9)8-17-14(15(18)19)10-3-4-13(20-2)12(16)7-10/h3-7,14,17H,8H2,1-2H3,(H,18,19). The van der Waals surface area contributed by atoms with Gasteiger partial charge in [0.15, 0.2) is 11.6 Å². The zero-order chi connectivity index (χ0) is 15.4. The summed E-state index contributed by atoms with van der Waals surface area (Å²) in [7, 11) is 1.35. The van der Waals surface area contributed by atoms with Gasteiger partial charge in [-0.25, -0.2) is 4.39 Å². The maximum Gasteiger partial charge on any atom is 0.325 e. The van der Waals surface area contributed by atoms with Crippen molar-refractivity contribution in [3.63, 3.8) is 0 Å². The number of furan rings is 1. The van der Waals surface area contributed by atoms with E-state index in [9.17, 15) is 14.3 Å². The Labute approximate surface area is 121 Å². The lowest BCUT2D eigenvalue weighted by atomic mass is 10.1. The molecule has 0 amide bonds. The highest BCUT2D eigenvalue weighted by molar-refractivity contribution is 5.75. The number of rotatable bonds is 6. The van der Waals surface area contributed by atoms with E-state index in [1.165, 1.54) is 25.5 Å². The molecule has 1 atom stereocenters. The van der Waals surface area contributed by atoms with Crippen LogP contribution in [-0.2, 0) is 11.3 Å². The molecular formula is C15H16FNO4. The average Bonchev–Trinajstić information content (AvgIpc) is 2.84. The lowest BCUT2D eigenvalue weighted by molar-refractivity contribution is -0.139. The number of carboxylic acids is 1. The first-order valence-electron chi connectivity index (χ1n) is 6.35. The number of nitrogens with one attached hydrogen (secondary N) is 1. The fourth-order valence-electron chi connectivity index (χ4n) is 2.02. The Morgan fingerprint density at radius 1 is 1.48 bits per heavy atom. The van der Waals surface area contributed by atoms with Crippen LogP contribution in [0, 0.1) is 12.7 Å². The van der Waals surface area contributed by atoms with Gasteiger partial charge in [-0.2, -0.15) is 0 Å². The minimum Gasteiger partial charge on any atom is -0.494 e. The second-order valence-corrected chi connectivity index (χ2v) is 4.55. The monoisotopic (exact) mass is 293 g/mol. The third kappa shape index (κ3) is 3.41. The van der Waals surface area contributed by atoms with Crippen LogP contribution < -0.4 is 10.1 Å². The third-order valence-corrected chi connectivity index (χ3v) is 3.22. The predicted molar refractivity (Wildman–Crippen MR) is 73.6 cm³/mol. The Hall–Kier alpha value is -2.34. The lowest BCUT2D eigenvalue weighted by Crippen LogP contribution is -2.28. The number of halogens is 1. The zero-order valence-corrected chi connectivity index (χ0v) is 11.7. The molecule has 1 aromatic carbocycles. The fourth-order valence-corrected chi connectivity index (χ4v) is 2.02. The Morgan fingerprint density at radius 3 is 2.76 bits per heavy atom. The number of hydrogen-bond donors (Lipinski definition) is 2. The number of carboxylic acid groups (broad SMARTS) is 1. The number of hydrogen-bond acceptors (Lipinski definition) is 4. The summed E-state index contributed by atoms with van der Waals surface area (Å²) in [6.07, 6.45) is 1.54. The van der Waals surface area contributed by atoms with Crippen molar-refractivity contribution in [2.75, 3.05) is 7.11 Å². The van der Waals surface area contributed by atoms with Crippen LogP contribution in [-0.4, -0.2) is 18.2 Å². The maximum absolute atomic E-state index is 13.7. The van der Waals surface area contributed by atoms with Crippen LogP contribution in [0.4, 0.5) is 4.39 Å². The highest BCUT2D eigenvalue weighted by Gasteiger charge is 2.21. The van der Waals surface area contributed by atoms with Gasteiger partial charge >= 0.3 is 5.97 Å². The van der Waals surface area contributed by atoms with E-state index in [1.54, 1.807) is 13.0 Å².